The van der Waals surface area contributed by atoms with Gasteiger partial charge in [0.2, 0.25) is 0 Å². The van der Waals surface area contributed by atoms with Crippen molar-refractivity contribution in [1.82, 2.24) is 4.57 Å². The predicted octanol–water partition coefficient (Wildman–Crippen LogP) is 6.63. The van der Waals surface area contributed by atoms with Crippen molar-refractivity contribution < 1.29 is 14.6 Å². The summed E-state index contributed by atoms with van der Waals surface area (Å²) in [6.07, 6.45) is 15.7. The molecule has 0 spiro atoms. The first kappa shape index (κ1) is 21.9. The number of aromatic hydroxyl groups is 1. The van der Waals surface area contributed by atoms with Crippen LogP contribution in [0.2, 0.25) is 0 Å². The molecule has 2 aliphatic rings. The van der Waals surface area contributed by atoms with E-state index in [1.807, 2.05) is 32.0 Å². The van der Waals surface area contributed by atoms with Gasteiger partial charge in [-0.25, -0.2) is 4.79 Å². The third-order valence-corrected chi connectivity index (χ3v) is 6.28. The highest BCUT2D eigenvalue weighted by atomic mass is 16.5. The van der Waals surface area contributed by atoms with Crippen molar-refractivity contribution in [2.45, 2.75) is 52.5 Å². The van der Waals surface area contributed by atoms with Gasteiger partial charge in [0.15, 0.2) is 0 Å². The first-order valence-electron chi connectivity index (χ1n) is 11.6. The molecule has 0 aliphatic heterocycles. The standard InChI is InChI=1S/C26H25NO3.C2H6/c1-30-26(29)20-13-8-14-21-23(20)24-22(28)15-18-11-7-12-19(18)25(24)27(21)16-17-9-5-3-2-4-6-10-17;1-2/h2-5,8,10,13-15,28H,6-7,9,11-12,16H2,1H3;1-2H3/b4-2?,5-3-,17-10+;. The van der Waals surface area contributed by atoms with Crippen LogP contribution in [0, 0.1) is 0 Å². The van der Waals surface area contributed by atoms with Gasteiger partial charge in [0.05, 0.1) is 29.1 Å². The minimum atomic E-state index is -0.377. The summed E-state index contributed by atoms with van der Waals surface area (Å²) in [6.45, 7) is 4.73. The van der Waals surface area contributed by atoms with E-state index in [1.165, 1.54) is 23.8 Å². The van der Waals surface area contributed by atoms with Crippen LogP contribution in [-0.4, -0.2) is 22.8 Å². The maximum atomic E-state index is 12.6. The predicted molar refractivity (Wildman–Crippen MR) is 131 cm³/mol. The monoisotopic (exact) mass is 429 g/mol. The van der Waals surface area contributed by atoms with Crippen molar-refractivity contribution in [3.63, 3.8) is 0 Å². The number of aryl methyl sites for hydroxylation is 2. The minimum Gasteiger partial charge on any atom is -0.507 e. The molecular formula is C28H31NO3. The molecule has 2 aromatic carbocycles. The molecule has 0 bridgehead atoms. The Morgan fingerprint density at radius 2 is 1.94 bits per heavy atom. The summed E-state index contributed by atoms with van der Waals surface area (Å²) in [7, 11) is 1.40. The van der Waals surface area contributed by atoms with E-state index in [1.54, 1.807) is 6.07 Å². The SMILES string of the molecule is CC.COC(=O)c1cccc2c1c1c(O)cc3c(c1n2C/C1=C/CC=C/C=C\C1)CCC3. The molecule has 0 unspecified atom stereocenters. The Labute approximate surface area is 189 Å². The van der Waals surface area contributed by atoms with Gasteiger partial charge in [-0.2, -0.15) is 0 Å². The third-order valence-electron chi connectivity index (χ3n) is 6.28. The van der Waals surface area contributed by atoms with E-state index < -0.39 is 0 Å². The number of benzene rings is 2. The number of fused-ring (bicyclic) bond motifs is 5. The molecular weight excluding hydrogens is 398 g/mol. The van der Waals surface area contributed by atoms with E-state index in [0.29, 0.717) is 5.56 Å². The van der Waals surface area contributed by atoms with Crippen molar-refractivity contribution in [3.05, 3.63) is 76.9 Å². The zero-order valence-electron chi connectivity index (χ0n) is 19.1. The number of hydrogen-bond donors (Lipinski definition) is 1. The van der Waals surface area contributed by atoms with Gasteiger partial charge in [0.25, 0.3) is 0 Å². The van der Waals surface area contributed by atoms with E-state index in [0.717, 1.165) is 60.5 Å². The van der Waals surface area contributed by atoms with Crippen LogP contribution in [0.1, 0.15) is 54.6 Å². The molecule has 0 saturated carbocycles. The Morgan fingerprint density at radius 1 is 1.12 bits per heavy atom. The normalized spacial score (nSPS) is 17.7. The van der Waals surface area contributed by atoms with Crippen molar-refractivity contribution >= 4 is 27.8 Å². The number of nitrogens with zero attached hydrogens (tertiary/aromatic N) is 1. The highest BCUT2D eigenvalue weighted by Gasteiger charge is 2.26. The second-order valence-electron chi connectivity index (χ2n) is 8.05. The Balaban J connectivity index is 0.00000119. The maximum Gasteiger partial charge on any atom is 0.338 e. The van der Waals surface area contributed by atoms with Gasteiger partial charge in [-0.05, 0) is 61.4 Å². The summed E-state index contributed by atoms with van der Waals surface area (Å²) in [5.41, 5.74) is 6.38. The molecule has 2 aliphatic carbocycles. The molecule has 0 fully saturated rings. The van der Waals surface area contributed by atoms with Crippen LogP contribution in [0.15, 0.2) is 60.2 Å². The van der Waals surface area contributed by atoms with E-state index >= 15 is 0 Å². The van der Waals surface area contributed by atoms with Gasteiger partial charge >= 0.3 is 5.97 Å². The fraction of sp³-hybridized carbons (Fsp3) is 0.321. The van der Waals surface area contributed by atoms with Crippen LogP contribution in [0.25, 0.3) is 21.8 Å². The molecule has 3 aromatic rings. The van der Waals surface area contributed by atoms with Gasteiger partial charge in [-0.3, -0.25) is 0 Å². The number of allylic oxidation sites excluding steroid dienone is 6. The van der Waals surface area contributed by atoms with E-state index in [9.17, 15) is 9.90 Å². The first-order chi connectivity index (χ1) is 15.7. The average molecular weight is 430 g/mol. The van der Waals surface area contributed by atoms with Crippen molar-refractivity contribution in [1.29, 1.82) is 0 Å². The number of hydrogen-bond acceptors (Lipinski definition) is 3. The van der Waals surface area contributed by atoms with Crippen LogP contribution in [0.3, 0.4) is 0 Å². The Hall–Kier alpha value is -3.27. The second-order valence-corrected chi connectivity index (χ2v) is 8.05. The summed E-state index contributed by atoms with van der Waals surface area (Å²) < 4.78 is 7.36. The number of carbonyl (C=O) groups is 1. The summed E-state index contributed by atoms with van der Waals surface area (Å²) in [6, 6.07) is 7.62. The fourth-order valence-electron chi connectivity index (χ4n) is 4.95. The fourth-order valence-corrected chi connectivity index (χ4v) is 4.95. The number of rotatable bonds is 3. The molecule has 1 aromatic heterocycles. The highest BCUT2D eigenvalue weighted by Crippen LogP contribution is 2.43. The number of ether oxygens (including phenoxy) is 1. The molecule has 0 amide bonds. The van der Waals surface area contributed by atoms with Crippen molar-refractivity contribution in [2.75, 3.05) is 7.11 Å². The topological polar surface area (TPSA) is 51.5 Å². The highest BCUT2D eigenvalue weighted by molar-refractivity contribution is 6.19. The van der Waals surface area contributed by atoms with Crippen LogP contribution < -0.4 is 0 Å². The summed E-state index contributed by atoms with van der Waals surface area (Å²) >= 11 is 0. The first-order valence-corrected chi connectivity index (χ1v) is 11.6. The molecule has 166 valence electrons. The lowest BCUT2D eigenvalue weighted by molar-refractivity contribution is 0.0603. The molecule has 5 rings (SSSR count). The van der Waals surface area contributed by atoms with Gasteiger partial charge in [0, 0.05) is 11.9 Å². The molecule has 1 heterocycles. The molecule has 4 nitrogen and oxygen atoms in total. The minimum absolute atomic E-state index is 0.250. The Kier molecular flexibility index (Phi) is 6.50. The lowest BCUT2D eigenvalue weighted by Crippen LogP contribution is -2.04. The molecule has 4 heteroatoms. The molecule has 32 heavy (non-hydrogen) atoms. The second kappa shape index (κ2) is 9.47. The number of phenolic OH excluding ortho intramolecular Hbond substituents is 1. The van der Waals surface area contributed by atoms with E-state index in [2.05, 4.69) is 34.9 Å². The lowest BCUT2D eigenvalue weighted by atomic mass is 10.0. The van der Waals surface area contributed by atoms with Gasteiger partial charge < -0.3 is 14.4 Å². The van der Waals surface area contributed by atoms with E-state index in [4.69, 9.17) is 4.74 Å². The quantitative estimate of drug-likeness (QED) is 0.375. The number of aromatic nitrogens is 1. The molecule has 0 radical (unpaired) electrons. The van der Waals surface area contributed by atoms with Crippen molar-refractivity contribution in [3.8, 4) is 5.75 Å². The largest absolute Gasteiger partial charge is 0.507 e. The molecule has 0 saturated heterocycles. The van der Waals surface area contributed by atoms with E-state index in [-0.39, 0.29) is 11.7 Å². The van der Waals surface area contributed by atoms with Gasteiger partial charge in [-0.15, -0.1) is 0 Å². The number of carbonyl (C=O) groups excluding carboxylic acids is 1. The molecule has 1 N–H and O–H groups in total. The number of methoxy groups -OCH3 is 1. The number of phenols is 1. The summed E-state index contributed by atoms with van der Waals surface area (Å²) in [5, 5.41) is 12.6. The van der Waals surface area contributed by atoms with Crippen LogP contribution in [-0.2, 0) is 24.1 Å². The average Bonchev–Trinajstić information content (AvgIpc) is 3.39. The Morgan fingerprint density at radius 3 is 2.75 bits per heavy atom. The maximum absolute atomic E-state index is 12.6. The van der Waals surface area contributed by atoms with Crippen LogP contribution in [0.4, 0.5) is 0 Å². The summed E-state index contributed by atoms with van der Waals surface area (Å²) in [5.74, 6) is -0.127. The van der Waals surface area contributed by atoms with Crippen LogP contribution in [0.5, 0.6) is 5.75 Å². The number of esters is 1. The van der Waals surface area contributed by atoms with Crippen molar-refractivity contribution in [2.24, 2.45) is 0 Å². The zero-order valence-corrected chi connectivity index (χ0v) is 19.1. The zero-order chi connectivity index (χ0) is 22.7. The lowest BCUT2D eigenvalue weighted by Gasteiger charge is -2.14. The van der Waals surface area contributed by atoms with Crippen LogP contribution >= 0.6 is 0 Å². The molecule has 0 atom stereocenters. The smallest absolute Gasteiger partial charge is 0.338 e. The van der Waals surface area contributed by atoms with Gasteiger partial charge in [0.1, 0.15) is 5.75 Å². The third kappa shape index (κ3) is 3.75. The Bertz CT molecular complexity index is 1260. The van der Waals surface area contributed by atoms with Gasteiger partial charge in [-0.1, -0.05) is 55.9 Å². The summed E-state index contributed by atoms with van der Waals surface area (Å²) in [4.78, 5) is 12.6.